The first-order chi connectivity index (χ1) is 28.2. The molecule has 0 unspecified atom stereocenters. The fourth-order valence-electron chi connectivity index (χ4n) is 8.10. The molecule has 3 aromatic heterocycles. The number of nitrogens with zero attached hydrogens (tertiary/aromatic N) is 2. The highest BCUT2D eigenvalue weighted by atomic mass is 16.5. The van der Waals surface area contributed by atoms with Crippen molar-refractivity contribution >= 4 is 72.0 Å². The van der Waals surface area contributed by atoms with Crippen molar-refractivity contribution in [3.8, 4) is 39.1 Å². The van der Waals surface area contributed by atoms with Crippen molar-refractivity contribution in [1.29, 1.82) is 0 Å². The Kier molecular flexibility index (Phi) is 7.64. The van der Waals surface area contributed by atoms with Gasteiger partial charge in [-0.3, -0.25) is 0 Å². The summed E-state index contributed by atoms with van der Waals surface area (Å²) in [4.78, 5) is 7.18. The van der Waals surface area contributed by atoms with Gasteiger partial charge < -0.3 is 18.5 Å². The second kappa shape index (κ2) is 13.3. The number of fused-ring (bicyclic) bond motifs is 7. The van der Waals surface area contributed by atoms with E-state index in [4.69, 9.17) is 18.6 Å². The molecule has 0 aliphatic heterocycles. The van der Waals surface area contributed by atoms with Gasteiger partial charge in [0.25, 0.3) is 0 Å². The summed E-state index contributed by atoms with van der Waals surface area (Å²) in [5.41, 5.74) is 14.0. The molecule has 0 saturated heterocycles. The highest BCUT2D eigenvalue weighted by molar-refractivity contribution is 6.10. The summed E-state index contributed by atoms with van der Waals surface area (Å²) >= 11 is 0. The van der Waals surface area contributed by atoms with E-state index in [0.717, 1.165) is 94.3 Å². The molecule has 0 aliphatic carbocycles. The van der Waals surface area contributed by atoms with Gasteiger partial charge in [0.05, 0.1) is 12.6 Å². The number of benzene rings is 8. The van der Waals surface area contributed by atoms with Gasteiger partial charge in [0.15, 0.2) is 0 Å². The zero-order chi connectivity index (χ0) is 37.9. The zero-order valence-electron chi connectivity index (χ0n) is 31.0. The Hall–Kier alpha value is -7.63. The Morgan fingerprint density at radius 1 is 0.439 bits per heavy atom. The summed E-state index contributed by atoms with van der Waals surface area (Å²) < 4.78 is 17.9. The molecule has 0 aliphatic rings. The van der Waals surface area contributed by atoms with Crippen LogP contribution in [0.5, 0.6) is 5.75 Å². The van der Waals surface area contributed by atoms with Crippen LogP contribution in [0, 0.1) is 0 Å². The monoisotopic (exact) mass is 734 g/mol. The van der Waals surface area contributed by atoms with Gasteiger partial charge in [-0.15, -0.1) is 0 Å². The van der Waals surface area contributed by atoms with Crippen LogP contribution in [0.4, 0.5) is 17.1 Å². The maximum Gasteiger partial charge on any atom is 0.227 e. The third-order valence-electron chi connectivity index (χ3n) is 11.0. The summed E-state index contributed by atoms with van der Waals surface area (Å²) in [6.45, 7) is 0. The molecule has 3 heterocycles. The molecule has 57 heavy (non-hydrogen) atoms. The van der Waals surface area contributed by atoms with E-state index in [1.807, 2.05) is 36.4 Å². The predicted molar refractivity (Wildman–Crippen MR) is 234 cm³/mol. The summed E-state index contributed by atoms with van der Waals surface area (Å²) in [6.07, 6.45) is 0. The molecule has 5 nitrogen and oxygen atoms in total. The molecule has 0 N–H and O–H groups in total. The van der Waals surface area contributed by atoms with Crippen LogP contribution in [-0.4, -0.2) is 12.1 Å². The lowest BCUT2D eigenvalue weighted by molar-refractivity contribution is 0.414. The predicted octanol–water partition coefficient (Wildman–Crippen LogP) is 14.5. The molecule has 0 radical (unpaired) electrons. The van der Waals surface area contributed by atoms with E-state index >= 15 is 0 Å². The smallest absolute Gasteiger partial charge is 0.227 e. The van der Waals surface area contributed by atoms with E-state index in [2.05, 4.69) is 157 Å². The second-order valence-electron chi connectivity index (χ2n) is 14.3. The quantitative estimate of drug-likeness (QED) is 0.163. The van der Waals surface area contributed by atoms with Crippen LogP contribution in [-0.2, 0) is 0 Å². The minimum absolute atomic E-state index is 0.624. The van der Waals surface area contributed by atoms with Crippen molar-refractivity contribution < 1.29 is 13.6 Å². The molecule has 270 valence electrons. The number of methoxy groups -OCH3 is 1. The summed E-state index contributed by atoms with van der Waals surface area (Å²) in [5.74, 6) is 0.758. The van der Waals surface area contributed by atoms with Crippen molar-refractivity contribution in [3.63, 3.8) is 0 Å². The minimum atomic E-state index is 0.624. The largest absolute Gasteiger partial charge is 0.497 e. The van der Waals surface area contributed by atoms with Crippen molar-refractivity contribution in [3.05, 3.63) is 188 Å². The van der Waals surface area contributed by atoms with Crippen LogP contribution in [0.25, 0.3) is 88.3 Å². The Labute approximate surface area is 328 Å². The van der Waals surface area contributed by atoms with Gasteiger partial charge in [0.1, 0.15) is 22.5 Å². The first kappa shape index (κ1) is 32.8. The number of para-hydroxylation sites is 2. The van der Waals surface area contributed by atoms with Gasteiger partial charge in [-0.05, 0) is 101 Å². The lowest BCUT2D eigenvalue weighted by atomic mass is 10.0. The molecule has 0 saturated carbocycles. The maximum atomic E-state index is 6.39. The molecule has 0 amide bonds. The number of pyridine rings is 1. The average molecular weight is 735 g/mol. The molecule has 11 rings (SSSR count). The van der Waals surface area contributed by atoms with Gasteiger partial charge in [-0.1, -0.05) is 109 Å². The molecular formula is C52H34N2O3. The van der Waals surface area contributed by atoms with Crippen molar-refractivity contribution in [2.45, 2.75) is 0 Å². The van der Waals surface area contributed by atoms with Crippen LogP contribution in [0.2, 0.25) is 0 Å². The van der Waals surface area contributed by atoms with E-state index in [1.54, 1.807) is 7.11 Å². The van der Waals surface area contributed by atoms with Crippen LogP contribution in [0.1, 0.15) is 0 Å². The molecule has 0 fully saturated rings. The Morgan fingerprint density at radius 3 is 1.79 bits per heavy atom. The lowest BCUT2D eigenvalue weighted by Gasteiger charge is -2.26. The number of ether oxygens (including phenoxy) is 1. The SMILES string of the molecule is COc1ccc2c(c1)oc1nc3ccc(-c4ccc(N(c5ccc(-c6ccccc6)cc5)c5ccc(-c6cccc7c6oc6ccccc67)cc5)cc4)cc3cc12. The third kappa shape index (κ3) is 5.68. The van der Waals surface area contributed by atoms with Gasteiger partial charge in [-0.2, -0.15) is 0 Å². The fourth-order valence-corrected chi connectivity index (χ4v) is 8.10. The van der Waals surface area contributed by atoms with Crippen molar-refractivity contribution in [1.82, 2.24) is 4.98 Å². The average Bonchev–Trinajstić information content (AvgIpc) is 3.84. The standard InChI is InChI=1S/C52H34N2O3/c1-55-42-27-28-45-47-31-38-30-37(20-29-48(38)53-52(47)57-50(45)32-42)35-16-23-40(24-17-35)54(39-21-14-34(15-22-39)33-8-3-2-4-9-33)41-25-18-36(19-26-41)43-11-7-12-46-44-10-5-6-13-49(44)56-51(43)46/h2-32H,1H3. The van der Waals surface area contributed by atoms with Crippen molar-refractivity contribution in [2.75, 3.05) is 12.0 Å². The zero-order valence-corrected chi connectivity index (χ0v) is 31.0. The molecule has 11 aromatic rings. The Bertz CT molecular complexity index is 3250. The van der Waals surface area contributed by atoms with E-state index < -0.39 is 0 Å². The van der Waals surface area contributed by atoms with Crippen molar-refractivity contribution in [2.24, 2.45) is 0 Å². The summed E-state index contributed by atoms with van der Waals surface area (Å²) in [6, 6.07) is 66.0. The van der Waals surface area contributed by atoms with Crippen LogP contribution < -0.4 is 9.64 Å². The number of hydrogen-bond acceptors (Lipinski definition) is 5. The first-order valence-electron chi connectivity index (χ1n) is 19.0. The van der Waals surface area contributed by atoms with Gasteiger partial charge in [0, 0.05) is 55.6 Å². The summed E-state index contributed by atoms with van der Waals surface area (Å²) in [5, 5.41) is 5.32. The molecule has 8 aromatic carbocycles. The van der Waals surface area contributed by atoms with Gasteiger partial charge in [-0.25, -0.2) is 4.98 Å². The summed E-state index contributed by atoms with van der Waals surface area (Å²) in [7, 11) is 1.66. The minimum Gasteiger partial charge on any atom is -0.497 e. The normalized spacial score (nSPS) is 11.6. The number of rotatable bonds is 7. The second-order valence-corrected chi connectivity index (χ2v) is 14.3. The Morgan fingerprint density at radius 2 is 1.05 bits per heavy atom. The highest BCUT2D eigenvalue weighted by Gasteiger charge is 2.17. The van der Waals surface area contributed by atoms with E-state index in [9.17, 15) is 0 Å². The van der Waals surface area contributed by atoms with E-state index in [0.29, 0.717) is 5.71 Å². The Balaban J connectivity index is 0.964. The molecule has 0 spiro atoms. The van der Waals surface area contributed by atoms with Gasteiger partial charge >= 0.3 is 0 Å². The molecule has 0 atom stereocenters. The highest BCUT2D eigenvalue weighted by Crippen LogP contribution is 2.40. The number of anilines is 3. The first-order valence-corrected chi connectivity index (χ1v) is 19.0. The number of furan rings is 2. The van der Waals surface area contributed by atoms with Crippen LogP contribution >= 0.6 is 0 Å². The van der Waals surface area contributed by atoms with E-state index in [-0.39, 0.29) is 0 Å². The third-order valence-corrected chi connectivity index (χ3v) is 11.0. The molecule has 5 heteroatoms. The lowest BCUT2D eigenvalue weighted by Crippen LogP contribution is -2.09. The fraction of sp³-hybridized carbons (Fsp3) is 0.0192. The van der Waals surface area contributed by atoms with E-state index in [1.165, 1.54) is 11.1 Å². The topological polar surface area (TPSA) is 51.6 Å². The van der Waals surface area contributed by atoms with Crippen LogP contribution in [0.15, 0.2) is 197 Å². The number of hydrogen-bond donors (Lipinski definition) is 0. The molecular weight excluding hydrogens is 701 g/mol. The van der Waals surface area contributed by atoms with Crippen LogP contribution in [0.3, 0.4) is 0 Å². The van der Waals surface area contributed by atoms with Gasteiger partial charge in [0.2, 0.25) is 5.71 Å². The molecule has 0 bridgehead atoms. The maximum absolute atomic E-state index is 6.39. The number of aromatic nitrogens is 1.